The summed E-state index contributed by atoms with van der Waals surface area (Å²) in [5.41, 5.74) is 1.37. The van der Waals surface area contributed by atoms with Crippen molar-refractivity contribution >= 4 is 23.6 Å². The number of thiophene rings is 1. The highest BCUT2D eigenvalue weighted by Gasteiger charge is 2.29. The molecule has 6 heteroatoms. The Hall–Kier alpha value is -1.76. The lowest BCUT2D eigenvalue weighted by Gasteiger charge is -2.21. The van der Waals surface area contributed by atoms with Crippen LogP contribution in [-0.4, -0.2) is 25.8 Å². The molecule has 27 heavy (non-hydrogen) atoms. The second-order valence-corrected chi connectivity index (χ2v) is 8.57. The van der Waals surface area contributed by atoms with Crippen LogP contribution in [0.25, 0.3) is 0 Å². The van der Waals surface area contributed by atoms with Gasteiger partial charge < -0.3 is 4.57 Å². The molecular formula is C21H26N4S2. The molecule has 4 rings (SSSR count). The van der Waals surface area contributed by atoms with Gasteiger partial charge >= 0.3 is 0 Å². The van der Waals surface area contributed by atoms with Crippen molar-refractivity contribution in [3.63, 3.8) is 0 Å². The monoisotopic (exact) mass is 398 g/mol. The van der Waals surface area contributed by atoms with Gasteiger partial charge in [0.15, 0.2) is 4.77 Å². The summed E-state index contributed by atoms with van der Waals surface area (Å²) in [5.74, 6) is 1.80. The first kappa shape index (κ1) is 18.6. The number of aromatic nitrogens is 3. The maximum Gasteiger partial charge on any atom is 0.199 e. The van der Waals surface area contributed by atoms with Crippen LogP contribution >= 0.6 is 23.6 Å². The van der Waals surface area contributed by atoms with Crippen molar-refractivity contribution in [2.45, 2.75) is 51.9 Å². The van der Waals surface area contributed by atoms with E-state index in [2.05, 4.69) is 64.2 Å². The Balaban J connectivity index is 1.52. The highest BCUT2D eigenvalue weighted by Crippen LogP contribution is 2.39. The number of hydrogen-bond donors (Lipinski definition) is 0. The van der Waals surface area contributed by atoms with Gasteiger partial charge in [0.25, 0.3) is 0 Å². The molecule has 2 aromatic heterocycles. The van der Waals surface area contributed by atoms with E-state index in [9.17, 15) is 0 Å². The summed E-state index contributed by atoms with van der Waals surface area (Å²) in [6, 6.07) is 15.0. The predicted molar refractivity (Wildman–Crippen MR) is 114 cm³/mol. The fourth-order valence-corrected chi connectivity index (χ4v) is 4.50. The maximum absolute atomic E-state index is 5.74. The maximum atomic E-state index is 5.74. The smallest absolute Gasteiger partial charge is 0.199 e. The van der Waals surface area contributed by atoms with Crippen molar-refractivity contribution in [1.29, 1.82) is 0 Å². The minimum atomic E-state index is 0.614. The first-order valence-corrected chi connectivity index (χ1v) is 11.0. The van der Waals surface area contributed by atoms with Crippen LogP contribution in [0.15, 0.2) is 47.8 Å². The standard InChI is InChI=1S/C21H26N4S2/c1-2-24-20(18-10-11-18)22-25(21(24)26)16-23(15-19-9-6-14-27-19)13-12-17-7-4-3-5-8-17/h3-9,14,18H,2,10-13,15-16H2,1H3. The van der Waals surface area contributed by atoms with Crippen molar-refractivity contribution in [3.05, 3.63) is 68.9 Å². The van der Waals surface area contributed by atoms with Gasteiger partial charge in [0.2, 0.25) is 0 Å². The molecule has 0 unspecified atom stereocenters. The van der Waals surface area contributed by atoms with E-state index >= 15 is 0 Å². The van der Waals surface area contributed by atoms with Crippen molar-refractivity contribution in [3.8, 4) is 0 Å². The molecule has 1 fully saturated rings. The van der Waals surface area contributed by atoms with E-state index in [0.29, 0.717) is 5.92 Å². The van der Waals surface area contributed by atoms with Gasteiger partial charge in [0, 0.05) is 30.4 Å². The van der Waals surface area contributed by atoms with Gasteiger partial charge in [-0.15, -0.1) is 11.3 Å². The third kappa shape index (κ3) is 4.57. The summed E-state index contributed by atoms with van der Waals surface area (Å²) in [5, 5.41) is 7.05. The van der Waals surface area contributed by atoms with E-state index in [4.69, 9.17) is 17.3 Å². The summed E-state index contributed by atoms with van der Waals surface area (Å²) in [7, 11) is 0. The molecule has 0 saturated heterocycles. The van der Waals surface area contributed by atoms with Crippen LogP contribution in [0.5, 0.6) is 0 Å². The molecule has 4 nitrogen and oxygen atoms in total. The third-order valence-corrected chi connectivity index (χ3v) is 6.36. The van der Waals surface area contributed by atoms with E-state index < -0.39 is 0 Å². The predicted octanol–water partition coefficient (Wildman–Crippen LogP) is 5.08. The van der Waals surface area contributed by atoms with Crippen LogP contribution in [-0.2, 0) is 26.2 Å². The van der Waals surface area contributed by atoms with Gasteiger partial charge in [-0.05, 0) is 55.4 Å². The quantitative estimate of drug-likeness (QED) is 0.470. The Morgan fingerprint density at radius 3 is 2.67 bits per heavy atom. The van der Waals surface area contributed by atoms with E-state index in [0.717, 1.165) is 37.5 Å². The van der Waals surface area contributed by atoms with Gasteiger partial charge in [-0.25, -0.2) is 4.68 Å². The Kier molecular flexibility index (Phi) is 5.86. The second kappa shape index (κ2) is 8.50. The molecule has 0 aliphatic heterocycles. The van der Waals surface area contributed by atoms with E-state index in [1.807, 2.05) is 16.0 Å². The third-order valence-electron chi connectivity index (χ3n) is 5.06. The molecule has 0 radical (unpaired) electrons. The van der Waals surface area contributed by atoms with E-state index in [-0.39, 0.29) is 0 Å². The topological polar surface area (TPSA) is 26.0 Å². The molecule has 1 aromatic carbocycles. The van der Waals surface area contributed by atoms with Gasteiger partial charge in [0.05, 0.1) is 6.67 Å². The molecule has 3 aromatic rings. The van der Waals surface area contributed by atoms with Crippen molar-refractivity contribution < 1.29 is 0 Å². The summed E-state index contributed by atoms with van der Waals surface area (Å²) >= 11 is 7.56. The van der Waals surface area contributed by atoms with Gasteiger partial charge in [-0.3, -0.25) is 4.90 Å². The first-order valence-electron chi connectivity index (χ1n) is 9.70. The largest absolute Gasteiger partial charge is 0.304 e. The molecule has 1 saturated carbocycles. The number of nitrogens with zero attached hydrogens (tertiary/aromatic N) is 4. The Morgan fingerprint density at radius 2 is 2.00 bits per heavy atom. The summed E-state index contributed by atoms with van der Waals surface area (Å²) < 4.78 is 5.11. The van der Waals surface area contributed by atoms with Crippen LogP contribution in [0.1, 0.15) is 41.9 Å². The minimum absolute atomic E-state index is 0.614. The Morgan fingerprint density at radius 1 is 1.19 bits per heavy atom. The minimum Gasteiger partial charge on any atom is -0.304 e. The highest BCUT2D eigenvalue weighted by atomic mass is 32.1. The normalized spacial score (nSPS) is 14.1. The lowest BCUT2D eigenvalue weighted by atomic mass is 10.1. The zero-order valence-corrected chi connectivity index (χ0v) is 17.4. The van der Waals surface area contributed by atoms with Crippen LogP contribution in [0, 0.1) is 4.77 Å². The SMILES string of the molecule is CCn1c(C2CC2)nn(CN(CCc2ccccc2)Cc2cccs2)c1=S. The van der Waals surface area contributed by atoms with Crippen LogP contribution < -0.4 is 0 Å². The van der Waals surface area contributed by atoms with Crippen molar-refractivity contribution in [1.82, 2.24) is 19.2 Å². The molecule has 1 aliphatic rings. The fraction of sp³-hybridized carbons (Fsp3) is 0.429. The van der Waals surface area contributed by atoms with E-state index in [1.54, 1.807) is 0 Å². The summed E-state index contributed by atoms with van der Waals surface area (Å²) in [6.45, 7) is 5.73. The molecule has 0 atom stereocenters. The molecule has 2 heterocycles. The second-order valence-electron chi connectivity index (χ2n) is 7.17. The van der Waals surface area contributed by atoms with Gasteiger partial charge in [-0.1, -0.05) is 36.4 Å². The van der Waals surface area contributed by atoms with Gasteiger partial charge in [-0.2, -0.15) is 5.10 Å². The van der Waals surface area contributed by atoms with Crippen molar-refractivity contribution in [2.75, 3.05) is 6.54 Å². The number of hydrogen-bond acceptors (Lipinski definition) is 4. The zero-order chi connectivity index (χ0) is 18.6. The fourth-order valence-electron chi connectivity index (χ4n) is 3.43. The summed E-state index contributed by atoms with van der Waals surface area (Å²) in [4.78, 5) is 3.84. The summed E-state index contributed by atoms with van der Waals surface area (Å²) in [6.07, 6.45) is 3.53. The molecular weight excluding hydrogens is 372 g/mol. The lowest BCUT2D eigenvalue weighted by Crippen LogP contribution is -2.28. The average molecular weight is 399 g/mol. The van der Waals surface area contributed by atoms with Gasteiger partial charge in [0.1, 0.15) is 5.82 Å². The molecule has 1 aliphatic carbocycles. The van der Waals surface area contributed by atoms with Crippen LogP contribution in [0.3, 0.4) is 0 Å². The van der Waals surface area contributed by atoms with Crippen LogP contribution in [0.4, 0.5) is 0 Å². The van der Waals surface area contributed by atoms with E-state index in [1.165, 1.54) is 29.1 Å². The number of rotatable bonds is 9. The molecule has 0 spiro atoms. The zero-order valence-electron chi connectivity index (χ0n) is 15.8. The lowest BCUT2D eigenvalue weighted by molar-refractivity contribution is 0.200. The van der Waals surface area contributed by atoms with Crippen molar-refractivity contribution in [2.24, 2.45) is 0 Å². The Bertz CT molecular complexity index is 908. The first-order chi connectivity index (χ1) is 13.2. The molecule has 0 bridgehead atoms. The molecule has 0 amide bonds. The molecule has 0 N–H and O–H groups in total. The molecule has 142 valence electrons. The highest BCUT2D eigenvalue weighted by molar-refractivity contribution is 7.71. The van der Waals surface area contributed by atoms with Crippen LogP contribution in [0.2, 0.25) is 0 Å². The average Bonchev–Trinajstić information content (AvgIpc) is 3.32. The Labute approximate surface area is 170 Å². The number of benzene rings is 1.